The molecule has 28 heavy (non-hydrogen) atoms. The second-order valence-corrected chi connectivity index (χ2v) is 7.12. The molecule has 0 bridgehead atoms. The Hall–Kier alpha value is -2.97. The lowest BCUT2D eigenvalue weighted by Crippen LogP contribution is -2.20. The number of aliphatic hydroxyl groups is 1. The number of anilines is 1. The predicted molar refractivity (Wildman–Crippen MR) is 108 cm³/mol. The van der Waals surface area contributed by atoms with Gasteiger partial charge in [0.15, 0.2) is 5.65 Å². The molecule has 9 heteroatoms. The lowest BCUT2D eigenvalue weighted by atomic mass is 10.1. The Morgan fingerprint density at radius 1 is 1.21 bits per heavy atom. The molecule has 0 amide bonds. The minimum Gasteiger partial charge on any atom is -0.394 e. The third-order valence-electron chi connectivity index (χ3n) is 4.60. The van der Waals surface area contributed by atoms with Crippen molar-refractivity contribution in [3.05, 3.63) is 47.4 Å². The van der Waals surface area contributed by atoms with Crippen LogP contribution in [0.3, 0.4) is 0 Å². The molecule has 0 aliphatic carbocycles. The molecule has 3 heterocycles. The second-order valence-electron chi connectivity index (χ2n) is 6.68. The van der Waals surface area contributed by atoms with Gasteiger partial charge in [0.05, 0.1) is 24.7 Å². The van der Waals surface area contributed by atoms with Crippen molar-refractivity contribution in [2.75, 3.05) is 11.9 Å². The van der Waals surface area contributed by atoms with Crippen LogP contribution in [0.4, 0.5) is 5.95 Å². The lowest BCUT2D eigenvalue weighted by Gasteiger charge is -2.07. The average molecular weight is 398 g/mol. The molecule has 0 saturated carbocycles. The van der Waals surface area contributed by atoms with Crippen LogP contribution in [-0.2, 0) is 7.05 Å². The maximum Gasteiger partial charge on any atom is 0.243 e. The van der Waals surface area contributed by atoms with Gasteiger partial charge in [-0.15, -0.1) is 5.10 Å². The highest BCUT2D eigenvalue weighted by atomic mass is 35.5. The first-order valence-corrected chi connectivity index (χ1v) is 9.24. The summed E-state index contributed by atoms with van der Waals surface area (Å²) in [6.45, 7) is 3.83. The fraction of sp³-hybridized carbons (Fsp3) is 0.263. The molecule has 0 unspecified atom stereocenters. The van der Waals surface area contributed by atoms with Gasteiger partial charge in [0, 0.05) is 34.9 Å². The van der Waals surface area contributed by atoms with Crippen LogP contribution in [0.2, 0.25) is 5.02 Å². The molecule has 1 atom stereocenters. The topological polar surface area (TPSA) is 93.2 Å². The zero-order valence-electron chi connectivity index (χ0n) is 15.8. The molecule has 3 aromatic heterocycles. The van der Waals surface area contributed by atoms with E-state index in [1.165, 1.54) is 0 Å². The Morgan fingerprint density at radius 3 is 2.61 bits per heavy atom. The second kappa shape index (κ2) is 7.21. The van der Waals surface area contributed by atoms with E-state index < -0.39 is 0 Å². The summed E-state index contributed by atoms with van der Waals surface area (Å²) < 4.78 is 3.50. The molecule has 8 nitrogen and oxygen atoms in total. The van der Waals surface area contributed by atoms with Crippen molar-refractivity contribution in [3.8, 4) is 22.5 Å². The molecule has 0 aliphatic rings. The molecular weight excluding hydrogens is 378 g/mol. The van der Waals surface area contributed by atoms with Crippen molar-refractivity contribution >= 4 is 23.2 Å². The summed E-state index contributed by atoms with van der Waals surface area (Å²) in [6.07, 6.45) is 3.61. The van der Waals surface area contributed by atoms with E-state index in [1.54, 1.807) is 15.4 Å². The first kappa shape index (κ1) is 18.4. The smallest absolute Gasteiger partial charge is 0.243 e. The first-order valence-electron chi connectivity index (χ1n) is 8.86. The lowest BCUT2D eigenvalue weighted by molar-refractivity contribution is 0.281. The number of hydrogen-bond donors (Lipinski definition) is 2. The van der Waals surface area contributed by atoms with E-state index >= 15 is 0 Å². The van der Waals surface area contributed by atoms with Crippen LogP contribution in [0.25, 0.3) is 28.2 Å². The van der Waals surface area contributed by atoms with Crippen LogP contribution in [-0.4, -0.2) is 47.1 Å². The van der Waals surface area contributed by atoms with Crippen molar-refractivity contribution in [2.45, 2.75) is 19.9 Å². The molecule has 0 fully saturated rings. The van der Waals surface area contributed by atoms with Gasteiger partial charge in [-0.3, -0.25) is 4.68 Å². The molecule has 1 aromatic carbocycles. The number of halogens is 1. The van der Waals surface area contributed by atoms with Crippen LogP contribution in [0, 0.1) is 6.92 Å². The number of benzene rings is 1. The van der Waals surface area contributed by atoms with Crippen LogP contribution >= 0.6 is 11.6 Å². The van der Waals surface area contributed by atoms with Crippen LogP contribution in [0.1, 0.15) is 12.6 Å². The van der Waals surface area contributed by atoms with Gasteiger partial charge in [0.2, 0.25) is 5.95 Å². The Morgan fingerprint density at radius 2 is 1.96 bits per heavy atom. The maximum atomic E-state index is 9.30. The average Bonchev–Trinajstić information content (AvgIpc) is 3.24. The molecule has 0 radical (unpaired) electrons. The van der Waals surface area contributed by atoms with E-state index in [0.717, 1.165) is 22.5 Å². The number of fused-ring (bicyclic) bond motifs is 1. The number of rotatable bonds is 5. The summed E-state index contributed by atoms with van der Waals surface area (Å²) in [5.74, 6) is 0.430. The quantitative estimate of drug-likeness (QED) is 0.537. The van der Waals surface area contributed by atoms with Crippen molar-refractivity contribution in [3.63, 3.8) is 0 Å². The van der Waals surface area contributed by atoms with Crippen LogP contribution in [0.5, 0.6) is 0 Å². The standard InChI is InChI=1S/C19H20ClN7O/c1-11(10-28)22-19-24-18-17(15-8-21-26(3)12(15)2)23-16(9-27(18)25-19)13-4-6-14(20)7-5-13/h4-9,11,28H,10H2,1-3H3,(H,22,25)/t11-/m0/s1. The van der Waals surface area contributed by atoms with Crippen LogP contribution < -0.4 is 5.32 Å². The Kier molecular flexibility index (Phi) is 4.74. The molecular formula is C19H20ClN7O. The molecule has 4 rings (SSSR count). The molecule has 0 aliphatic heterocycles. The zero-order chi connectivity index (χ0) is 19.8. The highest BCUT2D eigenvalue weighted by Gasteiger charge is 2.18. The number of aliphatic hydroxyl groups excluding tert-OH is 1. The molecule has 2 N–H and O–H groups in total. The number of nitrogens with zero attached hydrogens (tertiary/aromatic N) is 6. The van der Waals surface area contributed by atoms with Gasteiger partial charge in [-0.25, -0.2) is 9.50 Å². The Labute approximate surface area is 166 Å². The maximum absolute atomic E-state index is 9.30. The summed E-state index contributed by atoms with van der Waals surface area (Å²) in [7, 11) is 1.89. The number of aryl methyl sites for hydroxylation is 1. The number of aromatic nitrogens is 6. The normalized spacial score (nSPS) is 12.5. The van der Waals surface area contributed by atoms with E-state index in [2.05, 4.69) is 20.5 Å². The fourth-order valence-electron chi connectivity index (χ4n) is 2.89. The Balaban J connectivity index is 1.92. The van der Waals surface area contributed by atoms with Crippen molar-refractivity contribution < 1.29 is 5.11 Å². The molecule has 0 saturated heterocycles. The molecule has 4 aromatic rings. The van der Waals surface area contributed by atoms with Crippen molar-refractivity contribution in [2.24, 2.45) is 7.05 Å². The van der Waals surface area contributed by atoms with Gasteiger partial charge in [0.25, 0.3) is 0 Å². The monoisotopic (exact) mass is 397 g/mol. The predicted octanol–water partition coefficient (Wildman–Crippen LogP) is 2.95. The summed E-state index contributed by atoms with van der Waals surface area (Å²) in [4.78, 5) is 9.45. The third kappa shape index (κ3) is 3.32. The third-order valence-corrected chi connectivity index (χ3v) is 4.85. The van der Waals surface area contributed by atoms with E-state index in [4.69, 9.17) is 16.6 Å². The number of nitrogens with one attached hydrogen (secondary N) is 1. The summed E-state index contributed by atoms with van der Waals surface area (Å²) >= 11 is 6.02. The minimum atomic E-state index is -0.162. The molecule has 0 spiro atoms. The minimum absolute atomic E-state index is 0.0155. The SMILES string of the molecule is Cc1c(-c2nc(-c3ccc(Cl)cc3)cn3nc(N[C@@H](C)CO)nc23)cnn1C. The largest absolute Gasteiger partial charge is 0.394 e. The fourth-order valence-corrected chi connectivity index (χ4v) is 3.01. The summed E-state index contributed by atoms with van der Waals surface area (Å²) in [5, 5.41) is 21.9. The van der Waals surface area contributed by atoms with E-state index in [9.17, 15) is 5.11 Å². The van der Waals surface area contributed by atoms with Crippen molar-refractivity contribution in [1.29, 1.82) is 0 Å². The Bertz CT molecular complexity index is 1130. The van der Waals surface area contributed by atoms with Gasteiger partial charge in [-0.05, 0) is 26.0 Å². The summed E-state index contributed by atoms with van der Waals surface area (Å²) in [5.41, 5.74) is 4.83. The van der Waals surface area contributed by atoms with Crippen LogP contribution in [0.15, 0.2) is 36.7 Å². The van der Waals surface area contributed by atoms with Gasteiger partial charge in [-0.2, -0.15) is 10.1 Å². The van der Waals surface area contributed by atoms with Gasteiger partial charge in [-0.1, -0.05) is 23.7 Å². The first-order chi connectivity index (χ1) is 13.5. The van der Waals surface area contributed by atoms with E-state index in [1.807, 2.05) is 51.4 Å². The highest BCUT2D eigenvalue weighted by Crippen LogP contribution is 2.29. The molecule has 144 valence electrons. The number of hydrogen-bond acceptors (Lipinski definition) is 6. The highest BCUT2D eigenvalue weighted by molar-refractivity contribution is 6.30. The van der Waals surface area contributed by atoms with Gasteiger partial charge in [0.1, 0.15) is 5.69 Å². The van der Waals surface area contributed by atoms with E-state index in [-0.39, 0.29) is 12.6 Å². The van der Waals surface area contributed by atoms with Gasteiger partial charge >= 0.3 is 0 Å². The van der Waals surface area contributed by atoms with E-state index in [0.29, 0.717) is 22.3 Å². The summed E-state index contributed by atoms with van der Waals surface area (Å²) in [6, 6.07) is 7.33. The van der Waals surface area contributed by atoms with Crippen molar-refractivity contribution in [1.82, 2.24) is 29.4 Å². The zero-order valence-corrected chi connectivity index (χ0v) is 16.5. The van der Waals surface area contributed by atoms with Gasteiger partial charge < -0.3 is 10.4 Å².